The van der Waals surface area contributed by atoms with E-state index in [2.05, 4.69) is 195 Å². The van der Waals surface area contributed by atoms with E-state index in [9.17, 15) is 0 Å². The smallest absolute Gasteiger partial charge is 0.182 e. The molecule has 12 rings (SSSR count). The van der Waals surface area contributed by atoms with Crippen molar-refractivity contribution in [2.45, 2.75) is 6.92 Å². The SMILES string of the molecule is C=C/C=C\c1c(C)n(-c2ccc3c4ccc(-n5c6ccccc6c6ccccc65)cc4n4c5ccccc5nc4c4nc5ccccc5n4c3c2)c2ccccc12. The molecule has 6 nitrogen and oxygen atoms in total. The predicted octanol–water partition coefficient (Wildman–Crippen LogP) is 12.7. The molecule has 57 heavy (non-hydrogen) atoms. The molecule has 0 saturated heterocycles. The van der Waals surface area contributed by atoms with E-state index < -0.39 is 0 Å². The number of para-hydroxylation sites is 7. The Balaban J connectivity index is 1.29. The number of aromatic nitrogens is 6. The van der Waals surface area contributed by atoms with Gasteiger partial charge in [-0.15, -0.1) is 0 Å². The Morgan fingerprint density at radius 3 is 1.39 bits per heavy atom. The summed E-state index contributed by atoms with van der Waals surface area (Å²) in [5.74, 6) is 0. The Morgan fingerprint density at radius 2 is 0.860 bits per heavy atom. The lowest BCUT2D eigenvalue weighted by molar-refractivity contribution is 1.05. The van der Waals surface area contributed by atoms with Crippen molar-refractivity contribution < 1.29 is 0 Å². The van der Waals surface area contributed by atoms with Gasteiger partial charge in [0.15, 0.2) is 11.3 Å². The van der Waals surface area contributed by atoms with Crippen molar-refractivity contribution in [2.24, 2.45) is 0 Å². The Kier molecular flexibility index (Phi) is 6.60. The highest BCUT2D eigenvalue weighted by Gasteiger charge is 2.20. The average molecular weight is 731 g/mol. The Morgan fingerprint density at radius 1 is 0.439 bits per heavy atom. The van der Waals surface area contributed by atoms with Crippen LogP contribution in [0.15, 0.2) is 176 Å². The molecule has 268 valence electrons. The average Bonchev–Trinajstić information content (AvgIpc) is 3.99. The lowest BCUT2D eigenvalue weighted by Gasteiger charge is -2.14. The monoisotopic (exact) mass is 730 g/mol. The van der Waals surface area contributed by atoms with Gasteiger partial charge in [0, 0.05) is 49.6 Å². The number of imidazole rings is 2. The molecule has 0 N–H and O–H groups in total. The Bertz CT molecular complexity index is 3680. The van der Waals surface area contributed by atoms with Gasteiger partial charge < -0.3 is 9.13 Å². The van der Waals surface area contributed by atoms with Gasteiger partial charge in [0.2, 0.25) is 0 Å². The molecule has 0 spiro atoms. The van der Waals surface area contributed by atoms with Crippen molar-refractivity contribution in [3.63, 3.8) is 0 Å². The zero-order chi connectivity index (χ0) is 37.8. The molecule has 12 aromatic rings. The van der Waals surface area contributed by atoms with Gasteiger partial charge >= 0.3 is 0 Å². The Labute approximate surface area is 326 Å². The van der Waals surface area contributed by atoms with E-state index in [0.29, 0.717) is 0 Å². The first kappa shape index (κ1) is 31.6. The molecular weight excluding hydrogens is 697 g/mol. The molecule has 0 atom stereocenters. The minimum absolute atomic E-state index is 0.794. The van der Waals surface area contributed by atoms with E-state index in [0.717, 1.165) is 77.8 Å². The molecule has 5 aromatic heterocycles. The predicted molar refractivity (Wildman–Crippen MR) is 238 cm³/mol. The normalized spacial score (nSPS) is 12.3. The molecule has 0 aliphatic rings. The number of hydrogen-bond donors (Lipinski definition) is 0. The number of allylic oxidation sites excluding steroid dienone is 2. The van der Waals surface area contributed by atoms with Gasteiger partial charge in [0.1, 0.15) is 0 Å². The first-order valence-corrected chi connectivity index (χ1v) is 19.3. The summed E-state index contributed by atoms with van der Waals surface area (Å²) in [5, 5.41) is 5.88. The van der Waals surface area contributed by atoms with Crippen LogP contribution in [0, 0.1) is 6.92 Å². The zero-order valence-corrected chi connectivity index (χ0v) is 31.1. The van der Waals surface area contributed by atoms with Crippen molar-refractivity contribution in [2.75, 3.05) is 0 Å². The second-order valence-corrected chi connectivity index (χ2v) is 14.7. The van der Waals surface area contributed by atoms with Crippen LogP contribution in [-0.2, 0) is 0 Å². The Hall–Kier alpha value is -7.70. The second-order valence-electron chi connectivity index (χ2n) is 14.7. The molecule has 0 aliphatic carbocycles. The van der Waals surface area contributed by atoms with Gasteiger partial charge in [-0.1, -0.05) is 116 Å². The van der Waals surface area contributed by atoms with Gasteiger partial charge in [-0.25, -0.2) is 9.97 Å². The molecule has 0 bridgehead atoms. The van der Waals surface area contributed by atoms with E-state index in [1.807, 2.05) is 12.2 Å². The fourth-order valence-electron chi connectivity index (χ4n) is 9.28. The summed E-state index contributed by atoms with van der Waals surface area (Å²) < 4.78 is 9.39. The minimum Gasteiger partial charge on any atom is -0.313 e. The molecule has 0 saturated carbocycles. The van der Waals surface area contributed by atoms with Crippen LogP contribution in [0.25, 0.3) is 105 Å². The molecule has 7 aromatic carbocycles. The maximum Gasteiger partial charge on any atom is 0.182 e. The van der Waals surface area contributed by atoms with Crippen molar-refractivity contribution in [1.82, 2.24) is 27.9 Å². The molecule has 0 aliphatic heterocycles. The van der Waals surface area contributed by atoms with Crippen LogP contribution < -0.4 is 0 Å². The molecule has 0 fully saturated rings. The lowest BCUT2D eigenvalue weighted by Crippen LogP contribution is -2.00. The van der Waals surface area contributed by atoms with Gasteiger partial charge in [-0.3, -0.25) is 8.80 Å². The fourth-order valence-corrected chi connectivity index (χ4v) is 9.28. The van der Waals surface area contributed by atoms with E-state index in [-0.39, 0.29) is 0 Å². The third kappa shape index (κ3) is 4.41. The molecule has 0 radical (unpaired) electrons. The second kappa shape index (κ2) is 11.9. The van der Waals surface area contributed by atoms with Crippen LogP contribution >= 0.6 is 0 Å². The number of hydrogen-bond acceptors (Lipinski definition) is 2. The molecule has 0 unspecified atom stereocenters. The van der Waals surface area contributed by atoms with Crippen molar-refractivity contribution in [3.8, 4) is 11.4 Å². The summed E-state index contributed by atoms with van der Waals surface area (Å²) in [5.41, 5.74) is 15.6. The van der Waals surface area contributed by atoms with Crippen LogP contribution in [0.3, 0.4) is 0 Å². The van der Waals surface area contributed by atoms with Crippen molar-refractivity contribution >= 4 is 94.0 Å². The highest BCUT2D eigenvalue weighted by Crippen LogP contribution is 2.38. The van der Waals surface area contributed by atoms with Crippen LogP contribution in [0.2, 0.25) is 0 Å². The quantitative estimate of drug-likeness (QED) is 0.169. The van der Waals surface area contributed by atoms with Gasteiger partial charge in [-0.2, -0.15) is 0 Å². The maximum absolute atomic E-state index is 5.38. The third-order valence-electron chi connectivity index (χ3n) is 11.7. The van der Waals surface area contributed by atoms with Crippen LogP contribution in [0.5, 0.6) is 0 Å². The topological polar surface area (TPSA) is 44.5 Å². The van der Waals surface area contributed by atoms with Crippen molar-refractivity contribution in [1.29, 1.82) is 0 Å². The lowest BCUT2D eigenvalue weighted by atomic mass is 10.1. The van der Waals surface area contributed by atoms with E-state index >= 15 is 0 Å². The summed E-state index contributed by atoms with van der Waals surface area (Å²) in [6, 6.07) is 56.6. The fraction of sp³-hybridized carbons (Fsp3) is 0.0196. The standard InChI is InChI=1S/C51H34N6/c1-3-4-15-35-32(2)54(43-21-10-5-16-36(35)43)33-26-28-39-40-29-27-34(55-44-22-11-6-17-37(44)38-18-7-12-23-45(38)55)31-49(40)57-47-25-14-9-20-42(47)53-51(57)50-52-41-19-8-13-24-46(41)56(50)48(39)30-33/h3-31H,1H2,2H3/b15-4-. The highest BCUT2D eigenvalue weighted by atomic mass is 15.1. The zero-order valence-electron chi connectivity index (χ0n) is 31.1. The minimum atomic E-state index is 0.794. The van der Waals surface area contributed by atoms with Gasteiger partial charge in [-0.05, 0) is 73.7 Å². The van der Waals surface area contributed by atoms with Crippen LogP contribution in [0.4, 0.5) is 0 Å². The van der Waals surface area contributed by atoms with Gasteiger partial charge in [0.25, 0.3) is 0 Å². The van der Waals surface area contributed by atoms with Crippen LogP contribution in [0.1, 0.15) is 11.3 Å². The maximum atomic E-state index is 5.38. The first-order chi connectivity index (χ1) is 28.2. The molecule has 5 heterocycles. The summed E-state index contributed by atoms with van der Waals surface area (Å²) in [6.07, 6.45) is 6.01. The molecule has 0 amide bonds. The first-order valence-electron chi connectivity index (χ1n) is 19.3. The number of fused-ring (bicyclic) bond motifs is 16. The van der Waals surface area contributed by atoms with Crippen LogP contribution in [-0.4, -0.2) is 27.9 Å². The summed E-state index contributed by atoms with van der Waals surface area (Å²) in [6.45, 7) is 6.14. The highest BCUT2D eigenvalue weighted by molar-refractivity contribution is 6.12. The van der Waals surface area contributed by atoms with Crippen molar-refractivity contribution in [3.05, 3.63) is 188 Å². The third-order valence-corrected chi connectivity index (χ3v) is 11.7. The van der Waals surface area contributed by atoms with E-state index in [1.165, 1.54) is 32.8 Å². The van der Waals surface area contributed by atoms with Gasteiger partial charge in [0.05, 0.1) is 49.7 Å². The largest absolute Gasteiger partial charge is 0.313 e. The van der Waals surface area contributed by atoms with E-state index in [1.54, 1.807) is 0 Å². The molecular formula is C51H34N6. The number of rotatable bonds is 4. The summed E-state index contributed by atoms with van der Waals surface area (Å²) >= 11 is 0. The number of benzene rings is 7. The summed E-state index contributed by atoms with van der Waals surface area (Å²) in [4.78, 5) is 10.7. The van der Waals surface area contributed by atoms with E-state index in [4.69, 9.17) is 9.97 Å². The molecule has 6 heteroatoms. The number of nitrogens with zero attached hydrogens (tertiary/aromatic N) is 6. The summed E-state index contributed by atoms with van der Waals surface area (Å²) in [7, 11) is 0.